The number of imidazole rings is 1. The molecule has 2 aromatic heterocycles. The van der Waals surface area contributed by atoms with Crippen LogP contribution >= 0.6 is 0 Å². The predicted octanol–water partition coefficient (Wildman–Crippen LogP) is 3.63. The molecule has 0 fully saturated rings. The average Bonchev–Trinajstić information content (AvgIpc) is 3.44. The van der Waals surface area contributed by atoms with Gasteiger partial charge in [0.25, 0.3) is 5.91 Å². The van der Waals surface area contributed by atoms with Gasteiger partial charge in [0, 0.05) is 42.2 Å². The molecule has 3 N–H and O–H groups in total. The largest absolute Gasteiger partial charge is 0.352 e. The normalized spacial score (nSPS) is 11.5. The van der Waals surface area contributed by atoms with Gasteiger partial charge in [-0.1, -0.05) is 42.5 Å². The minimum absolute atomic E-state index is 0.0203. The lowest BCUT2D eigenvalue weighted by atomic mass is 10.0. The van der Waals surface area contributed by atoms with Crippen molar-refractivity contribution in [3.8, 4) is 22.5 Å². The van der Waals surface area contributed by atoms with E-state index in [-0.39, 0.29) is 10.8 Å². The molecule has 1 amide bonds. The molecule has 3 aromatic carbocycles. The van der Waals surface area contributed by atoms with Crippen LogP contribution in [0.4, 0.5) is 0 Å². The molecule has 0 atom stereocenters. The zero-order valence-corrected chi connectivity index (χ0v) is 20.6. The zero-order valence-electron chi connectivity index (χ0n) is 19.8. The van der Waals surface area contributed by atoms with Crippen molar-refractivity contribution in [3.63, 3.8) is 0 Å². The van der Waals surface area contributed by atoms with Crippen LogP contribution in [0.5, 0.6) is 0 Å². The summed E-state index contributed by atoms with van der Waals surface area (Å²) < 4.78 is 25.3. The summed E-state index contributed by atoms with van der Waals surface area (Å²) in [7, 11) is -3.81. The van der Waals surface area contributed by atoms with Crippen LogP contribution in [0.15, 0.2) is 96.4 Å². The molecular weight excluding hydrogens is 488 g/mol. The molecule has 0 aliphatic carbocycles. The molecule has 5 rings (SSSR count). The molecule has 37 heavy (non-hydrogen) atoms. The highest BCUT2D eigenvalue weighted by molar-refractivity contribution is 7.89. The lowest BCUT2D eigenvalue weighted by Crippen LogP contribution is -2.25. The molecule has 9 nitrogen and oxygen atoms in total. The highest BCUT2D eigenvalue weighted by atomic mass is 32.2. The van der Waals surface area contributed by atoms with E-state index in [2.05, 4.69) is 10.3 Å². The Hall–Kier alpha value is -4.41. The van der Waals surface area contributed by atoms with Crippen molar-refractivity contribution in [1.29, 1.82) is 0 Å². The van der Waals surface area contributed by atoms with E-state index in [1.165, 1.54) is 12.1 Å². The van der Waals surface area contributed by atoms with Gasteiger partial charge in [0.15, 0.2) is 0 Å². The summed E-state index contributed by atoms with van der Waals surface area (Å²) >= 11 is 0. The number of nitrogens with two attached hydrogens (primary N) is 1. The number of hydrogen-bond acceptors (Lipinski definition) is 6. The number of carbonyl (C=O) groups is 1. The van der Waals surface area contributed by atoms with Crippen LogP contribution in [0, 0.1) is 0 Å². The Morgan fingerprint density at radius 2 is 1.59 bits per heavy atom. The first-order chi connectivity index (χ1) is 17.9. The molecular formula is C27H24N6O3S. The predicted molar refractivity (Wildman–Crippen MR) is 141 cm³/mol. The Bertz CT molecular complexity index is 1650. The van der Waals surface area contributed by atoms with Crippen molar-refractivity contribution >= 4 is 27.0 Å². The van der Waals surface area contributed by atoms with Crippen LogP contribution in [0.2, 0.25) is 0 Å². The molecule has 2 heterocycles. The number of nitrogens with zero attached hydrogens (tertiary/aromatic N) is 4. The molecule has 0 radical (unpaired) electrons. The Balaban J connectivity index is 1.46. The maximum absolute atomic E-state index is 12.8. The summed E-state index contributed by atoms with van der Waals surface area (Å²) in [5, 5.41) is 8.19. The van der Waals surface area contributed by atoms with Crippen molar-refractivity contribution in [3.05, 3.63) is 97.1 Å². The molecule has 5 aromatic rings. The zero-order chi connectivity index (χ0) is 25.8. The third-order valence-electron chi connectivity index (χ3n) is 5.87. The Kier molecular flexibility index (Phi) is 6.76. The van der Waals surface area contributed by atoms with Gasteiger partial charge >= 0.3 is 0 Å². The summed E-state index contributed by atoms with van der Waals surface area (Å²) in [4.78, 5) is 26.5. The number of benzene rings is 3. The van der Waals surface area contributed by atoms with E-state index in [9.17, 15) is 13.2 Å². The van der Waals surface area contributed by atoms with Gasteiger partial charge in [0.05, 0.1) is 33.6 Å². The first-order valence-electron chi connectivity index (χ1n) is 11.6. The average molecular weight is 513 g/mol. The topological polar surface area (TPSA) is 133 Å². The van der Waals surface area contributed by atoms with E-state index in [0.29, 0.717) is 40.1 Å². The second-order valence-corrected chi connectivity index (χ2v) is 10.0. The van der Waals surface area contributed by atoms with Gasteiger partial charge in [-0.05, 0) is 36.8 Å². The lowest BCUT2D eigenvalue weighted by molar-refractivity contribution is 0.0953. The highest BCUT2D eigenvalue weighted by Crippen LogP contribution is 2.31. The second-order valence-electron chi connectivity index (χ2n) is 8.47. The van der Waals surface area contributed by atoms with Crippen LogP contribution in [0.25, 0.3) is 33.5 Å². The molecule has 0 saturated heterocycles. The Morgan fingerprint density at radius 1 is 0.892 bits per heavy atom. The molecule has 0 bridgehead atoms. The number of aromatic nitrogens is 4. The number of nitrogens with one attached hydrogen (secondary N) is 1. The number of rotatable bonds is 8. The molecule has 186 valence electrons. The third kappa shape index (κ3) is 5.55. The van der Waals surface area contributed by atoms with Crippen LogP contribution < -0.4 is 10.5 Å². The summed E-state index contributed by atoms with van der Waals surface area (Å²) in [5.74, 6) is -0.182. The van der Waals surface area contributed by atoms with E-state index in [1.54, 1.807) is 42.9 Å². The van der Waals surface area contributed by atoms with Gasteiger partial charge in [0.2, 0.25) is 10.0 Å². The van der Waals surface area contributed by atoms with Crippen molar-refractivity contribution < 1.29 is 13.2 Å². The number of fused-ring (bicyclic) bond motifs is 1. The second kappa shape index (κ2) is 10.3. The van der Waals surface area contributed by atoms with Crippen molar-refractivity contribution in [2.24, 2.45) is 5.14 Å². The van der Waals surface area contributed by atoms with Crippen molar-refractivity contribution in [1.82, 2.24) is 24.8 Å². The van der Waals surface area contributed by atoms with Gasteiger partial charge in [0.1, 0.15) is 0 Å². The van der Waals surface area contributed by atoms with Gasteiger partial charge < -0.3 is 9.88 Å². The van der Waals surface area contributed by atoms with E-state index in [4.69, 9.17) is 15.1 Å². The van der Waals surface area contributed by atoms with Gasteiger partial charge in [-0.2, -0.15) is 0 Å². The summed E-state index contributed by atoms with van der Waals surface area (Å²) in [6.07, 6.45) is 6.14. The standard InChI is InChI=1S/C27H24N6O3S/c28-37(35,36)22-10-7-20(8-11-22)26-25(19-5-2-1-3-6-19)32-24-17-21(9-12-23(24)31-26)27(34)30-13-4-15-33-16-14-29-18-33/h1-3,5-12,14,16-18H,4,13,15H2,(H,30,34)(H2,28,35,36). The molecule has 0 saturated carbocycles. The van der Waals surface area contributed by atoms with E-state index < -0.39 is 10.0 Å². The Morgan fingerprint density at radius 3 is 2.27 bits per heavy atom. The fourth-order valence-corrected chi connectivity index (χ4v) is 4.50. The van der Waals surface area contributed by atoms with Crippen molar-refractivity contribution in [2.45, 2.75) is 17.9 Å². The number of sulfonamides is 1. The minimum Gasteiger partial charge on any atom is -0.352 e. The van der Waals surface area contributed by atoms with Gasteiger partial charge in [-0.15, -0.1) is 0 Å². The van der Waals surface area contributed by atoms with Crippen LogP contribution in [-0.4, -0.2) is 40.4 Å². The number of hydrogen-bond donors (Lipinski definition) is 2. The molecule has 0 aliphatic rings. The maximum atomic E-state index is 12.8. The van der Waals surface area contributed by atoms with E-state index in [1.807, 2.05) is 41.1 Å². The number of amides is 1. The fourth-order valence-electron chi connectivity index (χ4n) is 3.98. The van der Waals surface area contributed by atoms with E-state index in [0.717, 1.165) is 18.5 Å². The van der Waals surface area contributed by atoms with E-state index >= 15 is 0 Å². The lowest BCUT2D eigenvalue weighted by Gasteiger charge is -2.12. The smallest absolute Gasteiger partial charge is 0.251 e. The van der Waals surface area contributed by atoms with Gasteiger partial charge in [-0.3, -0.25) is 4.79 Å². The molecule has 0 spiro atoms. The molecule has 0 aliphatic heterocycles. The summed E-state index contributed by atoms with van der Waals surface area (Å²) in [6, 6.07) is 21.0. The maximum Gasteiger partial charge on any atom is 0.251 e. The summed E-state index contributed by atoms with van der Waals surface area (Å²) in [6.45, 7) is 1.30. The number of aryl methyl sites for hydroxylation is 1. The summed E-state index contributed by atoms with van der Waals surface area (Å²) in [5.41, 5.74) is 4.44. The molecule has 10 heteroatoms. The highest BCUT2D eigenvalue weighted by Gasteiger charge is 2.16. The SMILES string of the molecule is NS(=O)(=O)c1ccc(-c2nc3ccc(C(=O)NCCCn4ccnc4)cc3nc2-c2ccccc2)cc1. The number of carbonyl (C=O) groups excluding carboxylic acids is 1. The minimum atomic E-state index is -3.81. The van der Waals surface area contributed by atoms with Crippen LogP contribution in [0.3, 0.4) is 0 Å². The van der Waals surface area contributed by atoms with Crippen molar-refractivity contribution in [2.75, 3.05) is 6.54 Å². The first kappa shape index (κ1) is 24.3. The third-order valence-corrected chi connectivity index (χ3v) is 6.80. The van der Waals surface area contributed by atoms with Crippen LogP contribution in [0.1, 0.15) is 16.8 Å². The fraction of sp³-hybridized carbons (Fsp3) is 0.111. The van der Waals surface area contributed by atoms with Crippen LogP contribution in [-0.2, 0) is 16.6 Å². The molecule has 0 unspecified atom stereocenters. The van der Waals surface area contributed by atoms with Gasteiger partial charge in [-0.25, -0.2) is 28.5 Å². The Labute approximate surface area is 214 Å². The quantitative estimate of drug-likeness (QED) is 0.305. The number of primary sulfonamides is 1. The monoisotopic (exact) mass is 512 g/mol. The first-order valence-corrected chi connectivity index (χ1v) is 13.2.